The number of benzene rings is 1. The summed E-state index contributed by atoms with van der Waals surface area (Å²) in [4.78, 5) is 8.65. The van der Waals surface area contributed by atoms with Crippen molar-refractivity contribution >= 4 is 5.96 Å². The van der Waals surface area contributed by atoms with Crippen molar-refractivity contribution in [2.24, 2.45) is 10.9 Å². The van der Waals surface area contributed by atoms with Gasteiger partial charge in [0.15, 0.2) is 5.96 Å². The Hall–Kier alpha value is -2.60. The fourth-order valence-corrected chi connectivity index (χ4v) is 3.12. The summed E-state index contributed by atoms with van der Waals surface area (Å²) in [6.45, 7) is 5.85. The van der Waals surface area contributed by atoms with Gasteiger partial charge in [0.05, 0.1) is 13.2 Å². The van der Waals surface area contributed by atoms with Crippen LogP contribution in [0.25, 0.3) is 0 Å². The van der Waals surface area contributed by atoms with E-state index in [-0.39, 0.29) is 0 Å². The monoisotopic (exact) mass is 382 g/mol. The predicted octanol–water partition coefficient (Wildman–Crippen LogP) is 2.71. The predicted molar refractivity (Wildman–Crippen MR) is 112 cm³/mol. The molecule has 1 atom stereocenters. The Morgan fingerprint density at radius 3 is 2.96 bits per heavy atom. The highest BCUT2D eigenvalue weighted by Gasteiger charge is 2.17. The smallest absolute Gasteiger partial charge is 0.191 e. The summed E-state index contributed by atoms with van der Waals surface area (Å²) in [6, 6.07) is 12.3. The van der Waals surface area contributed by atoms with Gasteiger partial charge in [0.2, 0.25) is 0 Å². The first-order valence-corrected chi connectivity index (χ1v) is 9.89. The Morgan fingerprint density at radius 1 is 1.29 bits per heavy atom. The van der Waals surface area contributed by atoms with Gasteiger partial charge in [0, 0.05) is 56.5 Å². The zero-order valence-electron chi connectivity index (χ0n) is 16.8. The van der Waals surface area contributed by atoms with Crippen LogP contribution in [0.5, 0.6) is 5.75 Å². The molecule has 2 heterocycles. The Labute approximate surface area is 167 Å². The SMILES string of the molecule is CN=C(NCCc1ccccn1)NCc1ccc(C)cc1OCC1CCOC1. The molecular weight excluding hydrogens is 352 g/mol. The zero-order chi connectivity index (χ0) is 19.6. The van der Waals surface area contributed by atoms with Crippen LogP contribution in [0.3, 0.4) is 0 Å². The van der Waals surface area contributed by atoms with Crippen LogP contribution in [0.15, 0.2) is 47.6 Å². The van der Waals surface area contributed by atoms with Gasteiger partial charge >= 0.3 is 0 Å². The van der Waals surface area contributed by atoms with Crippen molar-refractivity contribution in [3.63, 3.8) is 0 Å². The lowest BCUT2D eigenvalue weighted by atomic mass is 10.1. The van der Waals surface area contributed by atoms with Gasteiger partial charge in [0.1, 0.15) is 5.75 Å². The molecule has 1 aliphatic heterocycles. The first-order chi connectivity index (χ1) is 13.7. The minimum absolute atomic E-state index is 0.488. The Bertz CT molecular complexity index is 758. The number of aliphatic imine (C=N–C) groups is 1. The second-order valence-electron chi connectivity index (χ2n) is 7.08. The van der Waals surface area contributed by atoms with Crippen LogP contribution in [-0.4, -0.2) is 44.4 Å². The average Bonchev–Trinajstić information content (AvgIpc) is 3.24. The van der Waals surface area contributed by atoms with E-state index in [0.29, 0.717) is 19.1 Å². The number of aryl methyl sites for hydroxylation is 1. The van der Waals surface area contributed by atoms with Crippen LogP contribution in [0.4, 0.5) is 0 Å². The molecule has 1 saturated heterocycles. The molecule has 0 radical (unpaired) electrons. The van der Waals surface area contributed by atoms with Gasteiger partial charge < -0.3 is 20.1 Å². The van der Waals surface area contributed by atoms with Crippen molar-refractivity contribution in [1.82, 2.24) is 15.6 Å². The fourth-order valence-electron chi connectivity index (χ4n) is 3.12. The van der Waals surface area contributed by atoms with Crippen molar-refractivity contribution in [2.45, 2.75) is 26.3 Å². The van der Waals surface area contributed by atoms with E-state index in [2.05, 4.69) is 45.7 Å². The third-order valence-electron chi connectivity index (χ3n) is 4.79. The second kappa shape index (κ2) is 10.7. The zero-order valence-corrected chi connectivity index (χ0v) is 16.8. The number of pyridine rings is 1. The third kappa shape index (κ3) is 6.23. The Morgan fingerprint density at radius 2 is 2.21 bits per heavy atom. The van der Waals surface area contributed by atoms with Crippen LogP contribution in [0.2, 0.25) is 0 Å². The lowest BCUT2D eigenvalue weighted by Crippen LogP contribution is -2.38. The Kier molecular flexibility index (Phi) is 7.67. The van der Waals surface area contributed by atoms with Gasteiger partial charge in [0.25, 0.3) is 0 Å². The topological polar surface area (TPSA) is 67.8 Å². The molecule has 0 aliphatic carbocycles. The Balaban J connectivity index is 1.50. The number of rotatable bonds is 8. The molecule has 1 aromatic heterocycles. The molecule has 0 bridgehead atoms. The van der Waals surface area contributed by atoms with Crippen LogP contribution in [0, 0.1) is 12.8 Å². The molecular formula is C22H30N4O2. The summed E-state index contributed by atoms with van der Waals surface area (Å²) in [5.41, 5.74) is 3.38. The van der Waals surface area contributed by atoms with Crippen molar-refractivity contribution in [3.8, 4) is 5.75 Å². The van der Waals surface area contributed by atoms with Gasteiger partial charge in [-0.3, -0.25) is 9.98 Å². The first-order valence-electron chi connectivity index (χ1n) is 9.89. The maximum Gasteiger partial charge on any atom is 0.191 e. The molecule has 28 heavy (non-hydrogen) atoms. The summed E-state index contributed by atoms with van der Waals surface area (Å²) >= 11 is 0. The van der Waals surface area contributed by atoms with Crippen molar-refractivity contribution < 1.29 is 9.47 Å². The molecule has 1 aromatic carbocycles. The molecule has 6 heteroatoms. The van der Waals surface area contributed by atoms with Crippen molar-refractivity contribution in [3.05, 3.63) is 59.4 Å². The molecule has 6 nitrogen and oxygen atoms in total. The lowest BCUT2D eigenvalue weighted by Gasteiger charge is -2.17. The van der Waals surface area contributed by atoms with Crippen molar-refractivity contribution in [1.29, 1.82) is 0 Å². The summed E-state index contributed by atoms with van der Waals surface area (Å²) in [5, 5.41) is 6.71. The average molecular weight is 383 g/mol. The van der Waals surface area contributed by atoms with Gasteiger partial charge in [-0.1, -0.05) is 18.2 Å². The highest BCUT2D eigenvalue weighted by Crippen LogP contribution is 2.22. The van der Waals surface area contributed by atoms with E-state index >= 15 is 0 Å². The molecule has 1 unspecified atom stereocenters. The van der Waals surface area contributed by atoms with E-state index < -0.39 is 0 Å². The maximum atomic E-state index is 6.12. The standard InChI is InChI=1S/C22H30N4O2/c1-17-6-7-19(21(13-17)28-16-18-9-12-27-15-18)14-26-22(23-2)25-11-8-20-5-3-4-10-24-20/h3-7,10,13,18H,8-9,11-12,14-16H2,1-2H3,(H2,23,25,26). The summed E-state index contributed by atoms with van der Waals surface area (Å²) in [6.07, 6.45) is 3.75. The first kappa shape index (κ1) is 20.1. The highest BCUT2D eigenvalue weighted by atomic mass is 16.5. The number of ether oxygens (including phenoxy) is 2. The van der Waals surface area contributed by atoms with E-state index in [1.807, 2.05) is 24.4 Å². The van der Waals surface area contributed by atoms with Crippen LogP contribution in [-0.2, 0) is 17.7 Å². The summed E-state index contributed by atoms with van der Waals surface area (Å²) < 4.78 is 11.6. The van der Waals surface area contributed by atoms with Crippen LogP contribution < -0.4 is 15.4 Å². The van der Waals surface area contributed by atoms with E-state index in [1.54, 1.807) is 7.05 Å². The quantitative estimate of drug-likeness (QED) is 0.543. The number of aromatic nitrogens is 1. The molecule has 150 valence electrons. The molecule has 3 rings (SSSR count). The van der Waals surface area contributed by atoms with E-state index in [4.69, 9.17) is 9.47 Å². The van der Waals surface area contributed by atoms with E-state index in [0.717, 1.165) is 55.6 Å². The second-order valence-corrected chi connectivity index (χ2v) is 7.08. The molecule has 0 spiro atoms. The lowest BCUT2D eigenvalue weighted by molar-refractivity contribution is 0.166. The number of guanidine groups is 1. The molecule has 1 aliphatic rings. The number of nitrogens with zero attached hydrogens (tertiary/aromatic N) is 2. The van der Waals surface area contributed by atoms with Gasteiger partial charge in [-0.15, -0.1) is 0 Å². The highest BCUT2D eigenvalue weighted by molar-refractivity contribution is 5.79. The summed E-state index contributed by atoms with van der Waals surface area (Å²) in [5.74, 6) is 2.19. The van der Waals surface area contributed by atoms with E-state index in [9.17, 15) is 0 Å². The summed E-state index contributed by atoms with van der Waals surface area (Å²) in [7, 11) is 1.78. The maximum absolute atomic E-state index is 6.12. The number of hydrogen-bond donors (Lipinski definition) is 2. The molecule has 0 amide bonds. The van der Waals surface area contributed by atoms with Crippen LogP contribution >= 0.6 is 0 Å². The minimum Gasteiger partial charge on any atom is -0.493 e. The molecule has 1 fully saturated rings. The third-order valence-corrected chi connectivity index (χ3v) is 4.79. The van der Waals surface area contributed by atoms with Gasteiger partial charge in [-0.05, 0) is 37.1 Å². The molecule has 2 N–H and O–H groups in total. The van der Waals surface area contributed by atoms with Gasteiger partial charge in [-0.25, -0.2) is 0 Å². The van der Waals surface area contributed by atoms with E-state index in [1.165, 1.54) is 5.56 Å². The van der Waals surface area contributed by atoms with Crippen molar-refractivity contribution in [2.75, 3.05) is 33.4 Å². The fraction of sp³-hybridized carbons (Fsp3) is 0.455. The van der Waals surface area contributed by atoms with Crippen LogP contribution in [0.1, 0.15) is 23.2 Å². The number of nitrogens with one attached hydrogen (secondary N) is 2. The largest absolute Gasteiger partial charge is 0.493 e. The molecule has 0 saturated carbocycles. The van der Waals surface area contributed by atoms with Gasteiger partial charge in [-0.2, -0.15) is 0 Å². The number of hydrogen-bond acceptors (Lipinski definition) is 4. The minimum atomic E-state index is 0.488. The normalized spacial score (nSPS) is 16.8. The molecule has 2 aromatic rings.